The molecule has 4 heteroatoms. The molecule has 0 aliphatic carbocycles. The summed E-state index contributed by atoms with van der Waals surface area (Å²) in [6.45, 7) is 0.659. The van der Waals surface area contributed by atoms with Crippen LogP contribution in [0.25, 0.3) is 22.5 Å². The van der Waals surface area contributed by atoms with E-state index in [-0.39, 0.29) is 0 Å². The van der Waals surface area contributed by atoms with Crippen LogP contribution < -0.4 is 10.5 Å². The summed E-state index contributed by atoms with van der Waals surface area (Å²) in [5.74, 6) is 0.792. The third-order valence-electron chi connectivity index (χ3n) is 3.73. The second-order valence-electron chi connectivity index (χ2n) is 5.24. The lowest BCUT2D eigenvalue weighted by Gasteiger charge is -2.08. The molecule has 0 aliphatic rings. The summed E-state index contributed by atoms with van der Waals surface area (Å²) in [5.41, 5.74) is 10.4. The van der Waals surface area contributed by atoms with Crippen molar-refractivity contribution >= 4 is 0 Å². The normalized spacial score (nSPS) is 10.5. The number of para-hydroxylation sites is 1. The molecule has 116 valence electrons. The summed E-state index contributed by atoms with van der Waals surface area (Å²) in [7, 11) is 1.66. The highest BCUT2D eigenvalue weighted by Crippen LogP contribution is 2.28. The van der Waals surface area contributed by atoms with Crippen molar-refractivity contribution in [3.63, 3.8) is 0 Å². The number of aromatic nitrogens is 2. The van der Waals surface area contributed by atoms with Crippen molar-refractivity contribution in [2.75, 3.05) is 13.7 Å². The summed E-state index contributed by atoms with van der Waals surface area (Å²) < 4.78 is 5.37. The third-order valence-corrected chi connectivity index (χ3v) is 3.73. The minimum Gasteiger partial charge on any atom is -0.496 e. The largest absolute Gasteiger partial charge is 0.496 e. The van der Waals surface area contributed by atoms with E-state index in [4.69, 9.17) is 10.5 Å². The smallest absolute Gasteiger partial charge is 0.128 e. The second-order valence-corrected chi connectivity index (χ2v) is 5.24. The fraction of sp³-hybridized carbons (Fsp3) is 0.158. The van der Waals surface area contributed by atoms with Gasteiger partial charge in [-0.25, -0.2) is 0 Å². The van der Waals surface area contributed by atoms with E-state index in [1.165, 1.54) is 5.56 Å². The Hall–Kier alpha value is -2.72. The van der Waals surface area contributed by atoms with Gasteiger partial charge < -0.3 is 10.5 Å². The van der Waals surface area contributed by atoms with Crippen LogP contribution in [0.1, 0.15) is 5.56 Å². The van der Waals surface area contributed by atoms with E-state index in [1.54, 1.807) is 7.11 Å². The van der Waals surface area contributed by atoms with Crippen LogP contribution in [-0.2, 0) is 6.42 Å². The number of hydrogen-bond donors (Lipinski definition) is 1. The van der Waals surface area contributed by atoms with E-state index < -0.39 is 0 Å². The molecule has 0 bridgehead atoms. The number of benzene rings is 2. The summed E-state index contributed by atoms with van der Waals surface area (Å²) in [4.78, 5) is 0. The van der Waals surface area contributed by atoms with Crippen molar-refractivity contribution < 1.29 is 4.74 Å². The van der Waals surface area contributed by atoms with Crippen molar-refractivity contribution in [3.05, 3.63) is 66.2 Å². The molecule has 2 N–H and O–H groups in total. The first-order valence-electron chi connectivity index (χ1n) is 7.58. The summed E-state index contributed by atoms with van der Waals surface area (Å²) >= 11 is 0. The Morgan fingerprint density at radius 2 is 1.57 bits per heavy atom. The average Bonchev–Trinajstić information content (AvgIpc) is 2.63. The zero-order chi connectivity index (χ0) is 16.1. The van der Waals surface area contributed by atoms with Crippen molar-refractivity contribution in [2.24, 2.45) is 5.73 Å². The number of nitrogens with zero attached hydrogens (tertiary/aromatic N) is 2. The summed E-state index contributed by atoms with van der Waals surface area (Å²) in [5, 5.41) is 8.69. The Morgan fingerprint density at radius 1 is 0.870 bits per heavy atom. The van der Waals surface area contributed by atoms with Crippen molar-refractivity contribution in [2.45, 2.75) is 6.42 Å². The molecule has 4 nitrogen and oxygen atoms in total. The Bertz CT molecular complexity index is 767. The Kier molecular flexibility index (Phi) is 4.64. The minimum absolute atomic E-state index is 0.659. The molecule has 1 heterocycles. The maximum absolute atomic E-state index is 5.57. The van der Waals surface area contributed by atoms with Gasteiger partial charge in [0.2, 0.25) is 0 Å². The predicted octanol–water partition coefficient (Wildman–Crippen LogP) is 3.32. The molecule has 23 heavy (non-hydrogen) atoms. The van der Waals surface area contributed by atoms with Crippen LogP contribution in [-0.4, -0.2) is 23.9 Å². The van der Waals surface area contributed by atoms with Crippen LogP contribution in [0.15, 0.2) is 60.7 Å². The molecule has 0 aliphatic heterocycles. The quantitative estimate of drug-likeness (QED) is 0.785. The monoisotopic (exact) mass is 305 g/mol. The average molecular weight is 305 g/mol. The predicted molar refractivity (Wildman–Crippen MR) is 92.2 cm³/mol. The van der Waals surface area contributed by atoms with Gasteiger partial charge in [-0.2, -0.15) is 0 Å². The molecule has 1 aromatic heterocycles. The van der Waals surface area contributed by atoms with Crippen LogP contribution in [0.5, 0.6) is 5.75 Å². The van der Waals surface area contributed by atoms with Gasteiger partial charge in [0.05, 0.1) is 18.5 Å². The van der Waals surface area contributed by atoms with Crippen molar-refractivity contribution in [1.82, 2.24) is 10.2 Å². The van der Waals surface area contributed by atoms with Gasteiger partial charge in [-0.3, -0.25) is 0 Å². The van der Waals surface area contributed by atoms with Gasteiger partial charge >= 0.3 is 0 Å². The maximum atomic E-state index is 5.57. The molecular formula is C19H19N3O. The first-order valence-corrected chi connectivity index (χ1v) is 7.58. The number of hydrogen-bond acceptors (Lipinski definition) is 4. The molecule has 0 saturated heterocycles. The van der Waals surface area contributed by atoms with Gasteiger partial charge in [0.15, 0.2) is 0 Å². The van der Waals surface area contributed by atoms with Crippen molar-refractivity contribution in [1.29, 1.82) is 0 Å². The standard InChI is InChI=1S/C19H19N3O/c1-23-19-5-3-2-4-16(19)18-11-10-17(21-22-18)15-8-6-14(7-9-15)12-13-20/h2-11H,12-13,20H2,1H3. The van der Waals surface area contributed by atoms with Crippen LogP contribution in [0.4, 0.5) is 0 Å². The molecule has 0 amide bonds. The lowest BCUT2D eigenvalue weighted by molar-refractivity contribution is 0.416. The van der Waals surface area contributed by atoms with Crippen LogP contribution in [0.3, 0.4) is 0 Å². The van der Waals surface area contributed by atoms with Crippen LogP contribution >= 0.6 is 0 Å². The van der Waals surface area contributed by atoms with Crippen LogP contribution in [0.2, 0.25) is 0 Å². The van der Waals surface area contributed by atoms with Gasteiger partial charge in [-0.1, -0.05) is 36.4 Å². The molecule has 0 saturated carbocycles. The highest BCUT2D eigenvalue weighted by atomic mass is 16.5. The van der Waals surface area contributed by atoms with Crippen molar-refractivity contribution in [3.8, 4) is 28.3 Å². The topological polar surface area (TPSA) is 61.0 Å². The molecule has 3 aromatic rings. The number of rotatable bonds is 5. The highest BCUT2D eigenvalue weighted by Gasteiger charge is 2.07. The maximum Gasteiger partial charge on any atom is 0.128 e. The Labute approximate surface area is 136 Å². The minimum atomic E-state index is 0.659. The number of ether oxygens (including phenoxy) is 1. The molecule has 0 spiro atoms. The summed E-state index contributed by atoms with van der Waals surface area (Å²) in [6.07, 6.45) is 0.888. The fourth-order valence-corrected chi connectivity index (χ4v) is 2.49. The second kappa shape index (κ2) is 7.03. The molecule has 0 fully saturated rings. The highest BCUT2D eigenvalue weighted by molar-refractivity contribution is 5.68. The fourth-order valence-electron chi connectivity index (χ4n) is 2.49. The van der Waals surface area contributed by atoms with Gasteiger partial charge in [-0.05, 0) is 42.8 Å². The lowest BCUT2D eigenvalue weighted by atomic mass is 10.1. The van der Waals surface area contributed by atoms with E-state index in [2.05, 4.69) is 34.5 Å². The molecular weight excluding hydrogens is 286 g/mol. The zero-order valence-corrected chi connectivity index (χ0v) is 13.1. The molecule has 0 atom stereocenters. The Balaban J connectivity index is 1.87. The zero-order valence-electron chi connectivity index (χ0n) is 13.1. The first-order chi connectivity index (χ1) is 11.3. The molecule has 2 aromatic carbocycles. The van der Waals surface area contributed by atoms with E-state index in [9.17, 15) is 0 Å². The summed E-state index contributed by atoms with van der Waals surface area (Å²) in [6, 6.07) is 20.0. The number of methoxy groups -OCH3 is 1. The third kappa shape index (κ3) is 3.38. The van der Waals surface area contributed by atoms with E-state index >= 15 is 0 Å². The molecule has 0 unspecified atom stereocenters. The lowest BCUT2D eigenvalue weighted by Crippen LogP contribution is -2.02. The van der Waals surface area contributed by atoms with Gasteiger partial charge in [0.1, 0.15) is 5.75 Å². The number of nitrogens with two attached hydrogens (primary N) is 1. The van der Waals surface area contributed by atoms with Crippen LogP contribution in [0, 0.1) is 0 Å². The Morgan fingerprint density at radius 3 is 2.22 bits per heavy atom. The molecule has 3 rings (SSSR count). The molecule has 0 radical (unpaired) electrons. The van der Waals surface area contributed by atoms with E-state index in [1.807, 2.05) is 36.4 Å². The van der Waals surface area contributed by atoms with E-state index in [0.717, 1.165) is 34.7 Å². The van der Waals surface area contributed by atoms with Gasteiger partial charge in [0, 0.05) is 11.1 Å². The first kappa shape index (κ1) is 15.2. The van der Waals surface area contributed by atoms with E-state index in [0.29, 0.717) is 6.54 Å². The SMILES string of the molecule is COc1ccccc1-c1ccc(-c2ccc(CCN)cc2)nn1. The van der Waals surface area contributed by atoms with Gasteiger partial charge in [0.25, 0.3) is 0 Å². The van der Waals surface area contributed by atoms with Gasteiger partial charge in [-0.15, -0.1) is 10.2 Å².